The van der Waals surface area contributed by atoms with E-state index in [1.807, 2.05) is 0 Å². The lowest BCUT2D eigenvalue weighted by molar-refractivity contribution is 0.0618. The molecule has 0 bridgehead atoms. The second-order valence-electron chi connectivity index (χ2n) is 6.32. The SMILES string of the molecule is O=C(c1ccc(F)cc1)c1ccccc1C(=O)N1CCCC(CO)C1. The maximum absolute atomic E-state index is 13.1. The maximum atomic E-state index is 13.1. The summed E-state index contributed by atoms with van der Waals surface area (Å²) >= 11 is 0. The van der Waals surface area contributed by atoms with Crippen LogP contribution in [0.15, 0.2) is 48.5 Å². The molecule has 1 saturated heterocycles. The summed E-state index contributed by atoms with van der Waals surface area (Å²) in [5, 5.41) is 9.35. The van der Waals surface area contributed by atoms with Crippen LogP contribution in [-0.4, -0.2) is 41.4 Å². The number of piperidine rings is 1. The maximum Gasteiger partial charge on any atom is 0.254 e. The van der Waals surface area contributed by atoms with Crippen molar-refractivity contribution in [1.82, 2.24) is 4.90 Å². The normalized spacial score (nSPS) is 17.4. The minimum atomic E-state index is -0.413. The molecule has 0 radical (unpaired) electrons. The van der Waals surface area contributed by atoms with Gasteiger partial charge in [-0.1, -0.05) is 18.2 Å². The molecular formula is C20H20FNO3. The van der Waals surface area contributed by atoms with E-state index in [4.69, 9.17) is 0 Å². The van der Waals surface area contributed by atoms with Gasteiger partial charge in [0.2, 0.25) is 0 Å². The van der Waals surface area contributed by atoms with Gasteiger partial charge in [-0.3, -0.25) is 9.59 Å². The Morgan fingerprint density at radius 2 is 1.76 bits per heavy atom. The quantitative estimate of drug-likeness (QED) is 0.870. The third-order valence-electron chi connectivity index (χ3n) is 4.57. The van der Waals surface area contributed by atoms with Crippen LogP contribution in [0.3, 0.4) is 0 Å². The topological polar surface area (TPSA) is 57.6 Å². The number of aliphatic hydroxyl groups excluding tert-OH is 1. The molecule has 4 nitrogen and oxygen atoms in total. The van der Waals surface area contributed by atoms with Crippen molar-refractivity contribution in [3.63, 3.8) is 0 Å². The molecule has 2 aromatic rings. The fourth-order valence-corrected chi connectivity index (χ4v) is 3.19. The van der Waals surface area contributed by atoms with E-state index in [1.54, 1.807) is 29.2 Å². The molecule has 1 fully saturated rings. The predicted octanol–water partition coefficient (Wildman–Crippen LogP) is 2.90. The minimum Gasteiger partial charge on any atom is -0.396 e. The van der Waals surface area contributed by atoms with Crippen molar-refractivity contribution in [3.05, 3.63) is 71.0 Å². The van der Waals surface area contributed by atoms with Crippen molar-refractivity contribution in [3.8, 4) is 0 Å². The van der Waals surface area contributed by atoms with Crippen molar-refractivity contribution in [2.75, 3.05) is 19.7 Å². The first-order valence-electron chi connectivity index (χ1n) is 8.39. The lowest BCUT2D eigenvalue weighted by Crippen LogP contribution is -2.41. The standard InChI is InChI=1S/C20H20FNO3/c21-16-9-7-15(8-10-16)19(24)17-5-1-2-6-18(17)20(25)22-11-3-4-14(12-22)13-23/h1-2,5-10,14,23H,3-4,11-13H2. The van der Waals surface area contributed by atoms with Gasteiger partial charge in [0.1, 0.15) is 5.82 Å². The first-order chi connectivity index (χ1) is 12.1. The van der Waals surface area contributed by atoms with Gasteiger partial charge in [-0.25, -0.2) is 4.39 Å². The third-order valence-corrected chi connectivity index (χ3v) is 4.57. The Kier molecular flexibility index (Phi) is 5.24. The molecule has 1 N–H and O–H groups in total. The Bertz CT molecular complexity index is 773. The molecule has 130 valence electrons. The average molecular weight is 341 g/mol. The smallest absolute Gasteiger partial charge is 0.254 e. The number of carbonyl (C=O) groups excluding carboxylic acids is 2. The van der Waals surface area contributed by atoms with Crippen LogP contribution in [0.2, 0.25) is 0 Å². The summed E-state index contributed by atoms with van der Waals surface area (Å²) < 4.78 is 13.1. The average Bonchev–Trinajstić information content (AvgIpc) is 2.67. The number of hydrogen-bond acceptors (Lipinski definition) is 3. The van der Waals surface area contributed by atoms with Crippen LogP contribution in [0, 0.1) is 11.7 Å². The minimum absolute atomic E-state index is 0.0555. The number of likely N-dealkylation sites (tertiary alicyclic amines) is 1. The van der Waals surface area contributed by atoms with E-state index in [1.165, 1.54) is 24.3 Å². The molecule has 5 heteroatoms. The first-order valence-corrected chi connectivity index (χ1v) is 8.39. The molecule has 1 aliphatic heterocycles. The van der Waals surface area contributed by atoms with Gasteiger partial charge in [-0.05, 0) is 49.1 Å². The number of nitrogens with zero attached hydrogens (tertiary/aromatic N) is 1. The van der Waals surface area contributed by atoms with Crippen LogP contribution in [0.4, 0.5) is 4.39 Å². The highest BCUT2D eigenvalue weighted by Gasteiger charge is 2.27. The van der Waals surface area contributed by atoms with Crippen LogP contribution >= 0.6 is 0 Å². The molecule has 1 unspecified atom stereocenters. The lowest BCUT2D eigenvalue weighted by atomic mass is 9.95. The molecule has 2 aromatic carbocycles. The van der Waals surface area contributed by atoms with E-state index in [2.05, 4.69) is 0 Å². The molecule has 3 rings (SSSR count). The number of amides is 1. The number of carbonyl (C=O) groups is 2. The van der Waals surface area contributed by atoms with Gasteiger partial charge < -0.3 is 10.0 Å². The predicted molar refractivity (Wildman–Crippen MR) is 92.0 cm³/mol. The van der Waals surface area contributed by atoms with Gasteiger partial charge in [-0.15, -0.1) is 0 Å². The highest BCUT2D eigenvalue weighted by Crippen LogP contribution is 2.21. The van der Waals surface area contributed by atoms with E-state index < -0.39 is 5.82 Å². The number of ketones is 1. The highest BCUT2D eigenvalue weighted by atomic mass is 19.1. The summed E-state index contributed by atoms with van der Waals surface area (Å²) in [5.41, 5.74) is 0.995. The zero-order valence-electron chi connectivity index (χ0n) is 13.8. The van der Waals surface area contributed by atoms with Crippen molar-refractivity contribution < 1.29 is 19.1 Å². The summed E-state index contributed by atoms with van der Waals surface area (Å²) in [5.74, 6) is -0.842. The Morgan fingerprint density at radius 3 is 2.44 bits per heavy atom. The van der Waals surface area contributed by atoms with Crippen LogP contribution in [-0.2, 0) is 0 Å². The molecule has 1 heterocycles. The lowest BCUT2D eigenvalue weighted by Gasteiger charge is -2.32. The van der Waals surface area contributed by atoms with Gasteiger partial charge >= 0.3 is 0 Å². The molecule has 1 aliphatic rings. The van der Waals surface area contributed by atoms with Crippen LogP contribution < -0.4 is 0 Å². The third kappa shape index (κ3) is 3.77. The van der Waals surface area contributed by atoms with E-state index >= 15 is 0 Å². The Balaban J connectivity index is 1.89. The van der Waals surface area contributed by atoms with E-state index in [0.29, 0.717) is 29.8 Å². The monoisotopic (exact) mass is 341 g/mol. The number of rotatable bonds is 4. The molecule has 1 atom stereocenters. The van der Waals surface area contributed by atoms with Gasteiger partial charge in [0, 0.05) is 30.8 Å². The molecule has 0 aliphatic carbocycles. The van der Waals surface area contributed by atoms with Crippen molar-refractivity contribution in [2.45, 2.75) is 12.8 Å². The molecule has 0 spiro atoms. The van der Waals surface area contributed by atoms with Gasteiger partial charge in [0.15, 0.2) is 5.78 Å². The van der Waals surface area contributed by atoms with Crippen LogP contribution in [0.1, 0.15) is 39.1 Å². The summed E-state index contributed by atoms with van der Waals surface area (Å²) in [6, 6.07) is 12.0. The zero-order chi connectivity index (χ0) is 17.8. The fourth-order valence-electron chi connectivity index (χ4n) is 3.19. The summed E-state index contributed by atoms with van der Waals surface area (Å²) in [4.78, 5) is 27.4. The molecule has 1 amide bonds. The molecule has 0 aromatic heterocycles. The van der Waals surface area contributed by atoms with Gasteiger partial charge in [-0.2, -0.15) is 0 Å². The summed E-state index contributed by atoms with van der Waals surface area (Å²) in [7, 11) is 0. The second-order valence-corrected chi connectivity index (χ2v) is 6.32. The van der Waals surface area contributed by atoms with Crippen molar-refractivity contribution >= 4 is 11.7 Å². The van der Waals surface area contributed by atoms with Gasteiger partial charge in [0.25, 0.3) is 5.91 Å². The Hall–Kier alpha value is -2.53. The first kappa shape index (κ1) is 17.3. The van der Waals surface area contributed by atoms with Crippen molar-refractivity contribution in [1.29, 1.82) is 0 Å². The fraction of sp³-hybridized carbons (Fsp3) is 0.300. The van der Waals surface area contributed by atoms with Crippen LogP contribution in [0.5, 0.6) is 0 Å². The van der Waals surface area contributed by atoms with E-state index in [0.717, 1.165) is 12.8 Å². The summed E-state index contributed by atoms with van der Waals surface area (Å²) in [6.07, 6.45) is 1.74. The number of hydrogen-bond donors (Lipinski definition) is 1. The van der Waals surface area contributed by atoms with E-state index in [-0.39, 0.29) is 24.2 Å². The van der Waals surface area contributed by atoms with Gasteiger partial charge in [0.05, 0.1) is 5.56 Å². The van der Waals surface area contributed by atoms with E-state index in [9.17, 15) is 19.1 Å². The molecule has 0 saturated carbocycles. The van der Waals surface area contributed by atoms with Crippen LogP contribution in [0.25, 0.3) is 0 Å². The summed E-state index contributed by atoms with van der Waals surface area (Å²) in [6.45, 7) is 1.17. The zero-order valence-corrected chi connectivity index (χ0v) is 13.8. The molecular weight excluding hydrogens is 321 g/mol. The number of benzene rings is 2. The molecule has 25 heavy (non-hydrogen) atoms. The highest BCUT2D eigenvalue weighted by molar-refractivity contribution is 6.15. The largest absolute Gasteiger partial charge is 0.396 e. The number of halogens is 1. The number of aliphatic hydroxyl groups is 1. The second kappa shape index (κ2) is 7.57. The van der Waals surface area contributed by atoms with Crippen molar-refractivity contribution in [2.24, 2.45) is 5.92 Å². The Morgan fingerprint density at radius 1 is 1.08 bits per heavy atom. The Labute approximate surface area is 145 Å².